The molecule has 0 unspecified atom stereocenters. The summed E-state index contributed by atoms with van der Waals surface area (Å²) < 4.78 is 5.17. The Labute approximate surface area is 232 Å². The molecule has 0 bridgehead atoms. The first-order valence-electron chi connectivity index (χ1n) is 12.7. The molecule has 1 aliphatic heterocycles. The Bertz CT molecular complexity index is 1370. The maximum absolute atomic E-state index is 12.5. The predicted molar refractivity (Wildman–Crippen MR) is 151 cm³/mol. The summed E-state index contributed by atoms with van der Waals surface area (Å²) in [5.74, 6) is -2.04. The minimum atomic E-state index is -1.16. The van der Waals surface area contributed by atoms with Crippen LogP contribution in [0.25, 0.3) is 0 Å². The lowest BCUT2D eigenvalue weighted by Crippen LogP contribution is -2.34. The Hall–Kier alpha value is -4.86. The molecule has 0 aliphatic carbocycles. The number of carboxylic acids is 1. The fraction of sp³-hybridized carbons (Fsp3) is 0.267. The number of hydrogen-bond acceptors (Lipinski definition) is 6. The normalized spacial score (nSPS) is 12.5. The highest BCUT2D eigenvalue weighted by atomic mass is 16.6. The number of nitrogens with two attached hydrogens (primary N) is 1. The van der Waals surface area contributed by atoms with Crippen molar-refractivity contribution in [2.24, 2.45) is 5.73 Å². The highest BCUT2D eigenvalue weighted by Crippen LogP contribution is 2.22. The Morgan fingerprint density at radius 2 is 1.70 bits per heavy atom. The fourth-order valence-electron chi connectivity index (χ4n) is 3.90. The van der Waals surface area contributed by atoms with Gasteiger partial charge in [0.25, 0.3) is 5.91 Å². The van der Waals surface area contributed by atoms with Gasteiger partial charge in [-0.1, -0.05) is 48.5 Å². The third-order valence-corrected chi connectivity index (χ3v) is 5.78. The maximum Gasteiger partial charge on any atom is 0.407 e. The Morgan fingerprint density at radius 3 is 2.35 bits per heavy atom. The van der Waals surface area contributed by atoms with Crippen molar-refractivity contribution >= 4 is 29.6 Å². The van der Waals surface area contributed by atoms with Crippen molar-refractivity contribution in [2.45, 2.75) is 45.4 Å². The van der Waals surface area contributed by atoms with Crippen LogP contribution in [0.1, 0.15) is 64.2 Å². The number of primary amides is 1. The van der Waals surface area contributed by atoms with Crippen LogP contribution in [0, 0.1) is 0 Å². The van der Waals surface area contributed by atoms with E-state index in [0.29, 0.717) is 22.3 Å². The average molecular weight is 547 g/mol. The first kappa shape index (κ1) is 29.7. The summed E-state index contributed by atoms with van der Waals surface area (Å²) in [6, 6.07) is 19.4. The molecule has 1 heterocycles. The molecule has 0 fully saturated rings. The average Bonchev–Trinajstić information content (AvgIpc) is 3.38. The first-order valence-corrected chi connectivity index (χ1v) is 12.7. The van der Waals surface area contributed by atoms with Crippen molar-refractivity contribution in [1.82, 2.24) is 10.6 Å². The molecule has 3 aromatic carbocycles. The highest BCUT2D eigenvalue weighted by molar-refractivity contribution is 5.97. The van der Waals surface area contributed by atoms with Gasteiger partial charge in [0.2, 0.25) is 5.91 Å². The second kappa shape index (κ2) is 13.3. The molecule has 210 valence electrons. The molecule has 0 aromatic heterocycles. The van der Waals surface area contributed by atoms with Gasteiger partial charge in [-0.2, -0.15) is 0 Å². The van der Waals surface area contributed by atoms with E-state index in [-0.39, 0.29) is 12.5 Å². The summed E-state index contributed by atoms with van der Waals surface area (Å²) >= 11 is 0. The quantitative estimate of drug-likeness (QED) is 0.299. The molecule has 4 rings (SSSR count). The topological polar surface area (TPSA) is 160 Å². The Balaban J connectivity index is 0.000000302. The summed E-state index contributed by atoms with van der Waals surface area (Å²) in [5, 5.41) is 17.8. The van der Waals surface area contributed by atoms with Crippen molar-refractivity contribution in [3.05, 3.63) is 101 Å². The van der Waals surface area contributed by atoms with Gasteiger partial charge in [0.1, 0.15) is 5.60 Å². The zero-order valence-corrected chi connectivity index (χ0v) is 22.7. The number of carbonyl (C=O) groups is 4. The van der Waals surface area contributed by atoms with E-state index in [1.54, 1.807) is 81.4 Å². The number of benzene rings is 3. The van der Waals surface area contributed by atoms with E-state index in [1.165, 1.54) is 5.56 Å². The number of carboxylic acid groups (broad SMARTS) is 1. The Morgan fingerprint density at radius 1 is 0.975 bits per heavy atom. The number of aliphatic carboxylic acids is 1. The van der Waals surface area contributed by atoms with E-state index < -0.39 is 29.6 Å². The van der Waals surface area contributed by atoms with Crippen LogP contribution in [0.2, 0.25) is 0 Å². The van der Waals surface area contributed by atoms with Gasteiger partial charge in [-0.3, -0.25) is 9.59 Å². The van der Waals surface area contributed by atoms with Crippen LogP contribution in [0.3, 0.4) is 0 Å². The second-order valence-corrected chi connectivity index (χ2v) is 10.1. The molecule has 10 heteroatoms. The van der Waals surface area contributed by atoms with Crippen molar-refractivity contribution in [1.29, 1.82) is 0 Å². The molecule has 0 saturated carbocycles. The number of carbonyl (C=O) groups excluding carboxylic acids is 3. The molecular weight excluding hydrogens is 512 g/mol. The number of ether oxygens (including phenoxy) is 1. The smallest absolute Gasteiger partial charge is 0.407 e. The molecule has 0 saturated heterocycles. The predicted octanol–water partition coefficient (Wildman–Crippen LogP) is 4.02. The number of nitrogens with one attached hydrogen (secondary N) is 3. The number of fused-ring (bicyclic) bond motifs is 1. The third kappa shape index (κ3) is 8.87. The van der Waals surface area contributed by atoms with E-state index >= 15 is 0 Å². The maximum atomic E-state index is 12.5. The van der Waals surface area contributed by atoms with Crippen LogP contribution in [0.5, 0.6) is 0 Å². The molecule has 0 spiro atoms. The number of anilines is 1. The van der Waals surface area contributed by atoms with Crippen LogP contribution in [0.4, 0.5) is 10.5 Å². The number of hydrogen-bond donors (Lipinski definition) is 5. The van der Waals surface area contributed by atoms with E-state index in [1.807, 2.05) is 12.1 Å². The van der Waals surface area contributed by atoms with Gasteiger partial charge in [-0.25, -0.2) is 9.59 Å². The summed E-state index contributed by atoms with van der Waals surface area (Å²) in [6.07, 6.45) is 0.478. The molecule has 6 N–H and O–H groups in total. The standard InChI is InChI=1S/C21H24N2O5.C9H10N2O/c1-21(2,3)28-20(27)22-13-14-8-7-11-16(12-14)18(24)23-17(19(25)26)15-9-5-4-6-10-15;10-9(12)7-2-1-6-3-4-11-8(6)5-7/h4-12,17H,13H2,1-3H3,(H,22,27)(H,23,24)(H,25,26);1-2,5,11H,3-4H2,(H2,10,12)/t17-;/m1./s1. The van der Waals surface area contributed by atoms with E-state index in [4.69, 9.17) is 10.5 Å². The summed E-state index contributed by atoms with van der Waals surface area (Å²) in [6.45, 7) is 6.43. The number of amides is 3. The van der Waals surface area contributed by atoms with Gasteiger partial charge in [-0.05, 0) is 68.1 Å². The largest absolute Gasteiger partial charge is 0.479 e. The lowest BCUT2D eigenvalue weighted by atomic mass is 10.1. The van der Waals surface area contributed by atoms with Gasteiger partial charge in [0.05, 0.1) is 0 Å². The zero-order chi connectivity index (χ0) is 29.3. The highest BCUT2D eigenvalue weighted by Gasteiger charge is 2.22. The van der Waals surface area contributed by atoms with Crippen LogP contribution in [-0.2, 0) is 22.5 Å². The van der Waals surface area contributed by atoms with Gasteiger partial charge < -0.3 is 31.5 Å². The third-order valence-electron chi connectivity index (χ3n) is 5.78. The lowest BCUT2D eigenvalue weighted by Gasteiger charge is -2.19. The monoisotopic (exact) mass is 546 g/mol. The minimum absolute atomic E-state index is 0.178. The summed E-state index contributed by atoms with van der Waals surface area (Å²) in [4.78, 5) is 46.6. The molecule has 3 aromatic rings. The van der Waals surface area contributed by atoms with Gasteiger partial charge in [-0.15, -0.1) is 0 Å². The van der Waals surface area contributed by atoms with Crippen molar-refractivity contribution in [3.8, 4) is 0 Å². The van der Waals surface area contributed by atoms with E-state index in [2.05, 4.69) is 16.0 Å². The first-order chi connectivity index (χ1) is 18.9. The minimum Gasteiger partial charge on any atom is -0.479 e. The van der Waals surface area contributed by atoms with E-state index in [0.717, 1.165) is 18.7 Å². The van der Waals surface area contributed by atoms with Crippen molar-refractivity contribution < 1.29 is 29.0 Å². The van der Waals surface area contributed by atoms with Crippen molar-refractivity contribution in [3.63, 3.8) is 0 Å². The second-order valence-electron chi connectivity index (χ2n) is 10.1. The van der Waals surface area contributed by atoms with Gasteiger partial charge >= 0.3 is 12.1 Å². The van der Waals surface area contributed by atoms with E-state index in [9.17, 15) is 24.3 Å². The van der Waals surface area contributed by atoms with Crippen LogP contribution in [-0.4, -0.2) is 41.1 Å². The number of rotatable bonds is 7. The number of alkyl carbamates (subject to hydrolysis) is 1. The molecule has 3 amide bonds. The van der Waals surface area contributed by atoms with Crippen LogP contribution >= 0.6 is 0 Å². The lowest BCUT2D eigenvalue weighted by molar-refractivity contribution is -0.139. The Kier molecular flexibility index (Phi) is 9.86. The van der Waals surface area contributed by atoms with Crippen molar-refractivity contribution in [2.75, 3.05) is 11.9 Å². The molecule has 10 nitrogen and oxygen atoms in total. The summed E-state index contributed by atoms with van der Waals surface area (Å²) in [5.41, 5.74) is 8.88. The summed E-state index contributed by atoms with van der Waals surface area (Å²) in [7, 11) is 0. The molecular formula is C30H34N4O6. The fourth-order valence-corrected chi connectivity index (χ4v) is 3.90. The van der Waals surface area contributed by atoms with Gasteiger partial charge in [0, 0.05) is 29.9 Å². The molecule has 0 radical (unpaired) electrons. The molecule has 1 atom stereocenters. The molecule has 40 heavy (non-hydrogen) atoms. The van der Waals surface area contributed by atoms with Crippen LogP contribution in [0.15, 0.2) is 72.8 Å². The zero-order valence-electron chi connectivity index (χ0n) is 22.7. The van der Waals surface area contributed by atoms with Gasteiger partial charge in [0.15, 0.2) is 6.04 Å². The SMILES string of the molecule is CC(C)(C)OC(=O)NCc1cccc(C(=O)N[C@@H](C(=O)O)c2ccccc2)c1.NC(=O)c1ccc2c(c1)NCC2. The van der Waals surface area contributed by atoms with Crippen LogP contribution < -0.4 is 21.7 Å². The molecule has 1 aliphatic rings.